The van der Waals surface area contributed by atoms with Crippen LogP contribution in [0.1, 0.15) is 64.7 Å². The van der Waals surface area contributed by atoms with Crippen LogP contribution in [-0.4, -0.2) is 93.7 Å². The maximum Gasteiger partial charge on any atom is 0.413 e. The summed E-state index contributed by atoms with van der Waals surface area (Å²) in [6.45, 7) is 5.58. The van der Waals surface area contributed by atoms with Gasteiger partial charge in [0.25, 0.3) is 0 Å². The molecule has 3 N–H and O–H groups in total. The predicted octanol–water partition coefficient (Wildman–Crippen LogP) is 1.93. The Kier molecular flexibility index (Phi) is 11.9. The van der Waals surface area contributed by atoms with Crippen LogP contribution < -0.4 is 16.0 Å². The van der Waals surface area contributed by atoms with E-state index in [2.05, 4.69) is 22.0 Å². The lowest BCUT2D eigenvalue weighted by Gasteiger charge is -2.34. The van der Waals surface area contributed by atoms with E-state index in [1.165, 1.54) is 6.42 Å². The number of carbonyl (C=O) groups is 2. The number of piperidine rings is 1. The summed E-state index contributed by atoms with van der Waals surface area (Å²) in [6.07, 6.45) is 7.27. The summed E-state index contributed by atoms with van der Waals surface area (Å²) in [5.41, 5.74) is -0.897. The molecular weight excluding hydrogens is 476 g/mol. The molecule has 0 bridgehead atoms. The molecule has 11 heteroatoms. The summed E-state index contributed by atoms with van der Waals surface area (Å²) in [5.74, 6) is 0.442. The lowest BCUT2D eigenvalue weighted by Crippen LogP contribution is -2.56. The summed E-state index contributed by atoms with van der Waals surface area (Å²) in [5, 5.41) is 19.0. The van der Waals surface area contributed by atoms with E-state index >= 15 is 0 Å². The van der Waals surface area contributed by atoms with Crippen molar-refractivity contribution in [2.24, 2.45) is 10.9 Å². The number of nitriles is 1. The minimum absolute atomic E-state index is 0.0220. The quantitative estimate of drug-likeness (QED) is 0.310. The Morgan fingerprint density at radius 1 is 1.22 bits per heavy atom. The normalized spacial score (nSPS) is 22.4. The average Bonchev–Trinajstić information content (AvgIpc) is 2.93. The van der Waals surface area contributed by atoms with Gasteiger partial charge in [0.15, 0.2) is 0 Å². The van der Waals surface area contributed by atoms with Crippen LogP contribution in [0.3, 0.4) is 0 Å². The molecular formula is C26H44N6O5. The number of rotatable bonds is 9. The smallest absolute Gasteiger partial charge is 0.413 e. The molecule has 2 aliphatic heterocycles. The molecule has 1 saturated carbocycles. The fourth-order valence-corrected chi connectivity index (χ4v) is 5.07. The first-order valence-corrected chi connectivity index (χ1v) is 13.8. The Labute approximate surface area is 220 Å². The Morgan fingerprint density at radius 3 is 2.57 bits per heavy atom. The molecule has 2 saturated heterocycles. The van der Waals surface area contributed by atoms with Gasteiger partial charge in [0.1, 0.15) is 11.6 Å². The Balaban J connectivity index is 1.79. The SMILES string of the molecule is COC(C)CCOC(=O)NC(=N[C@@H](CC1CCCCC1)C(=O)NC1(C#N)CCNCC1)N1CCOCC1. The van der Waals surface area contributed by atoms with Crippen molar-refractivity contribution in [2.75, 3.05) is 53.1 Å². The topological polar surface area (TPSA) is 137 Å². The van der Waals surface area contributed by atoms with Crippen molar-refractivity contribution in [3.05, 3.63) is 0 Å². The second-order valence-electron chi connectivity index (χ2n) is 10.3. The Hall–Kier alpha value is -2.42. The molecule has 3 aliphatic rings. The van der Waals surface area contributed by atoms with Gasteiger partial charge in [-0.2, -0.15) is 5.26 Å². The molecule has 3 fully saturated rings. The molecule has 0 aromatic rings. The first-order chi connectivity index (χ1) is 17.9. The lowest BCUT2D eigenvalue weighted by atomic mass is 9.84. The monoisotopic (exact) mass is 520 g/mol. The number of alkyl carbamates (subject to hydrolysis) is 1. The molecule has 208 valence electrons. The van der Waals surface area contributed by atoms with Crippen molar-refractivity contribution in [3.8, 4) is 6.07 Å². The van der Waals surface area contributed by atoms with Gasteiger partial charge < -0.3 is 29.7 Å². The van der Waals surface area contributed by atoms with Crippen molar-refractivity contribution in [3.63, 3.8) is 0 Å². The van der Waals surface area contributed by atoms with Crippen LogP contribution >= 0.6 is 0 Å². The summed E-state index contributed by atoms with van der Waals surface area (Å²) in [4.78, 5) is 33.1. The zero-order chi connectivity index (χ0) is 26.5. The van der Waals surface area contributed by atoms with E-state index in [4.69, 9.17) is 19.2 Å². The highest BCUT2D eigenvalue weighted by atomic mass is 16.6. The highest BCUT2D eigenvalue weighted by Gasteiger charge is 2.37. The summed E-state index contributed by atoms with van der Waals surface area (Å²) in [6, 6.07) is 1.63. The first kappa shape index (κ1) is 29.1. The Bertz CT molecular complexity index is 798. The number of methoxy groups -OCH3 is 1. The average molecular weight is 521 g/mol. The number of guanidine groups is 1. The minimum Gasteiger partial charge on any atom is -0.449 e. The molecule has 2 heterocycles. The largest absolute Gasteiger partial charge is 0.449 e. The number of hydrogen-bond acceptors (Lipinski definition) is 8. The molecule has 11 nitrogen and oxygen atoms in total. The van der Waals surface area contributed by atoms with Crippen LogP contribution in [0.15, 0.2) is 4.99 Å². The third-order valence-electron chi connectivity index (χ3n) is 7.58. The van der Waals surface area contributed by atoms with Gasteiger partial charge in [0.05, 0.1) is 32.0 Å². The highest BCUT2D eigenvalue weighted by Crippen LogP contribution is 2.29. The van der Waals surface area contributed by atoms with Gasteiger partial charge in [-0.1, -0.05) is 32.1 Å². The van der Waals surface area contributed by atoms with Gasteiger partial charge in [-0.05, 0) is 45.2 Å². The van der Waals surface area contributed by atoms with E-state index in [0.717, 1.165) is 25.7 Å². The molecule has 0 aromatic carbocycles. The fraction of sp³-hybridized carbons (Fsp3) is 0.846. The van der Waals surface area contributed by atoms with E-state index in [1.807, 2.05) is 11.8 Å². The molecule has 0 spiro atoms. The van der Waals surface area contributed by atoms with Crippen LogP contribution in [0, 0.1) is 17.2 Å². The maximum atomic E-state index is 13.6. The molecule has 2 atom stereocenters. The molecule has 37 heavy (non-hydrogen) atoms. The van der Waals surface area contributed by atoms with Gasteiger partial charge in [-0.3, -0.25) is 10.1 Å². The Morgan fingerprint density at radius 2 is 1.92 bits per heavy atom. The zero-order valence-electron chi connectivity index (χ0n) is 22.4. The van der Waals surface area contributed by atoms with E-state index in [1.54, 1.807) is 7.11 Å². The van der Waals surface area contributed by atoms with Crippen molar-refractivity contribution < 1.29 is 23.8 Å². The number of nitrogens with zero attached hydrogens (tertiary/aromatic N) is 3. The van der Waals surface area contributed by atoms with Gasteiger partial charge in [0, 0.05) is 26.6 Å². The highest BCUT2D eigenvalue weighted by molar-refractivity contribution is 5.96. The summed E-state index contributed by atoms with van der Waals surface area (Å²) < 4.78 is 16.1. The van der Waals surface area contributed by atoms with Crippen LogP contribution in [0.2, 0.25) is 0 Å². The third-order valence-corrected chi connectivity index (χ3v) is 7.58. The second kappa shape index (κ2) is 15.1. The maximum absolute atomic E-state index is 13.6. The molecule has 1 aliphatic carbocycles. The fourth-order valence-electron chi connectivity index (χ4n) is 5.07. The minimum atomic E-state index is -0.897. The molecule has 0 radical (unpaired) electrons. The van der Waals surface area contributed by atoms with Gasteiger partial charge in [0.2, 0.25) is 11.9 Å². The number of carbonyl (C=O) groups excluding carboxylic acids is 2. The van der Waals surface area contributed by atoms with Crippen LogP contribution in [0.5, 0.6) is 0 Å². The van der Waals surface area contributed by atoms with Crippen molar-refractivity contribution >= 4 is 18.0 Å². The van der Waals surface area contributed by atoms with Gasteiger partial charge in [-0.25, -0.2) is 9.79 Å². The van der Waals surface area contributed by atoms with E-state index in [0.29, 0.717) is 77.0 Å². The standard InChI is InChI=1S/C26H44N6O5/c1-20(35-2)8-15-37-25(34)30-24(32-13-16-36-17-14-32)29-22(18-21-6-4-3-5-7-21)23(33)31-26(19-27)9-11-28-12-10-26/h20-22,28H,3-18H2,1-2H3,(H,31,33)(H,29,30,34)/t20?,22-/m0/s1. The summed E-state index contributed by atoms with van der Waals surface area (Å²) in [7, 11) is 1.62. The van der Waals surface area contributed by atoms with Gasteiger partial charge >= 0.3 is 6.09 Å². The van der Waals surface area contributed by atoms with Crippen molar-refractivity contribution in [1.82, 2.24) is 20.9 Å². The molecule has 2 amide bonds. The molecule has 1 unspecified atom stereocenters. The molecule has 3 rings (SSSR count). The lowest BCUT2D eigenvalue weighted by molar-refractivity contribution is -0.124. The van der Waals surface area contributed by atoms with Crippen LogP contribution in [-0.2, 0) is 19.0 Å². The predicted molar refractivity (Wildman–Crippen MR) is 139 cm³/mol. The number of aliphatic imine (C=N–C) groups is 1. The molecule has 0 aromatic heterocycles. The van der Waals surface area contributed by atoms with Crippen LogP contribution in [0.25, 0.3) is 0 Å². The van der Waals surface area contributed by atoms with Crippen LogP contribution in [0.4, 0.5) is 4.79 Å². The number of morpholine rings is 1. The summed E-state index contributed by atoms with van der Waals surface area (Å²) >= 11 is 0. The third kappa shape index (κ3) is 9.43. The van der Waals surface area contributed by atoms with Crippen molar-refractivity contribution in [1.29, 1.82) is 5.26 Å². The number of nitrogens with one attached hydrogen (secondary N) is 3. The van der Waals surface area contributed by atoms with E-state index in [-0.39, 0.29) is 18.6 Å². The number of amides is 2. The van der Waals surface area contributed by atoms with E-state index in [9.17, 15) is 14.9 Å². The van der Waals surface area contributed by atoms with E-state index < -0.39 is 17.7 Å². The number of ether oxygens (including phenoxy) is 3. The van der Waals surface area contributed by atoms with Crippen molar-refractivity contribution in [2.45, 2.75) is 82.4 Å². The number of hydrogen-bond donors (Lipinski definition) is 3. The van der Waals surface area contributed by atoms with Gasteiger partial charge in [-0.15, -0.1) is 0 Å². The second-order valence-corrected chi connectivity index (χ2v) is 10.3. The first-order valence-electron chi connectivity index (χ1n) is 13.8. The zero-order valence-corrected chi connectivity index (χ0v) is 22.4.